The number of aromatic amines is 1. The van der Waals surface area contributed by atoms with Crippen LogP contribution in [0.1, 0.15) is 17.5 Å². The smallest absolute Gasteiger partial charge is 0.250 e. The molecule has 2 nitrogen and oxygen atoms in total. The van der Waals surface area contributed by atoms with Crippen molar-refractivity contribution >= 4 is 0 Å². The molecule has 0 amide bonds. The summed E-state index contributed by atoms with van der Waals surface area (Å²) in [5.41, 5.74) is 1.93. The lowest BCUT2D eigenvalue weighted by Crippen LogP contribution is -2.08. The maximum Gasteiger partial charge on any atom is 0.250 e. The molecule has 0 aromatic carbocycles. The molecule has 0 spiro atoms. The van der Waals surface area contributed by atoms with Crippen molar-refractivity contribution in [2.45, 2.75) is 19.8 Å². The average molecular weight is 163 g/mol. The Morgan fingerprint density at radius 2 is 2.42 bits per heavy atom. The third kappa shape index (κ3) is 2.09. The van der Waals surface area contributed by atoms with E-state index in [4.69, 9.17) is 0 Å². The van der Waals surface area contributed by atoms with Crippen molar-refractivity contribution in [1.29, 1.82) is 0 Å². The van der Waals surface area contributed by atoms with Gasteiger partial charge in [-0.1, -0.05) is 6.08 Å². The van der Waals surface area contributed by atoms with E-state index in [1.54, 1.807) is 6.20 Å². The van der Waals surface area contributed by atoms with Gasteiger partial charge in [-0.05, 0) is 31.4 Å². The number of rotatable bonds is 3. The Bertz CT molecular complexity index is 325. The minimum absolute atomic E-state index is 0.00245. The highest BCUT2D eigenvalue weighted by atomic mass is 16.1. The average Bonchev–Trinajstić information content (AvgIpc) is 2.07. The molecule has 1 N–H and O–H groups in total. The predicted octanol–water partition coefficient (Wildman–Crippen LogP) is 1.80. The van der Waals surface area contributed by atoms with Gasteiger partial charge in [-0.3, -0.25) is 4.79 Å². The molecular weight excluding hydrogens is 150 g/mol. The molecule has 2 heteroatoms. The molecule has 0 fully saturated rings. The van der Waals surface area contributed by atoms with E-state index in [1.807, 2.05) is 19.1 Å². The molecule has 0 bridgehead atoms. The molecule has 1 heterocycles. The molecule has 1 aromatic rings. The number of pyridine rings is 1. The van der Waals surface area contributed by atoms with Crippen LogP contribution in [0.2, 0.25) is 0 Å². The van der Waals surface area contributed by atoms with Crippen molar-refractivity contribution in [3.63, 3.8) is 0 Å². The van der Waals surface area contributed by atoms with E-state index in [-0.39, 0.29) is 5.56 Å². The Morgan fingerprint density at radius 3 is 3.00 bits per heavy atom. The highest BCUT2D eigenvalue weighted by Crippen LogP contribution is 2.01. The van der Waals surface area contributed by atoms with E-state index in [9.17, 15) is 4.79 Å². The van der Waals surface area contributed by atoms with E-state index in [0.717, 1.165) is 24.0 Å². The second-order valence-corrected chi connectivity index (χ2v) is 2.85. The van der Waals surface area contributed by atoms with Crippen LogP contribution in [0.5, 0.6) is 0 Å². The van der Waals surface area contributed by atoms with Crippen LogP contribution in [0.25, 0.3) is 0 Å². The molecule has 0 saturated heterocycles. The fraction of sp³-hybridized carbons (Fsp3) is 0.300. The zero-order chi connectivity index (χ0) is 8.97. The first-order valence-electron chi connectivity index (χ1n) is 4.03. The van der Waals surface area contributed by atoms with Crippen molar-refractivity contribution < 1.29 is 0 Å². The topological polar surface area (TPSA) is 32.9 Å². The molecule has 0 aliphatic rings. The standard InChI is InChI=1S/C10H13NO/c1-3-4-5-9-6-8(2)10(12)11-7-9/h3,6-7H,1,4-5H2,2H3,(H,11,12). The van der Waals surface area contributed by atoms with E-state index in [0.29, 0.717) is 0 Å². The maximum atomic E-state index is 11.0. The molecule has 0 aliphatic carbocycles. The van der Waals surface area contributed by atoms with Gasteiger partial charge in [0, 0.05) is 11.8 Å². The molecule has 12 heavy (non-hydrogen) atoms. The molecule has 0 aliphatic heterocycles. The largest absolute Gasteiger partial charge is 0.329 e. The van der Waals surface area contributed by atoms with Gasteiger partial charge in [0.1, 0.15) is 0 Å². The summed E-state index contributed by atoms with van der Waals surface area (Å²) in [5.74, 6) is 0. The van der Waals surface area contributed by atoms with Gasteiger partial charge >= 0.3 is 0 Å². The van der Waals surface area contributed by atoms with Gasteiger partial charge < -0.3 is 4.98 Å². The van der Waals surface area contributed by atoms with E-state index in [2.05, 4.69) is 11.6 Å². The highest BCUT2D eigenvalue weighted by molar-refractivity contribution is 5.17. The summed E-state index contributed by atoms with van der Waals surface area (Å²) >= 11 is 0. The minimum atomic E-state index is -0.00245. The van der Waals surface area contributed by atoms with Crippen molar-refractivity contribution in [3.05, 3.63) is 46.4 Å². The Kier molecular flexibility index (Phi) is 2.86. The molecule has 1 rings (SSSR count). The van der Waals surface area contributed by atoms with E-state index < -0.39 is 0 Å². The molecule has 0 saturated carbocycles. The van der Waals surface area contributed by atoms with Gasteiger partial charge in [0.25, 0.3) is 5.56 Å². The quantitative estimate of drug-likeness (QED) is 0.677. The number of aryl methyl sites for hydroxylation is 2. The second kappa shape index (κ2) is 3.90. The second-order valence-electron chi connectivity index (χ2n) is 2.85. The Hall–Kier alpha value is -1.31. The number of hydrogen-bond acceptors (Lipinski definition) is 1. The lowest BCUT2D eigenvalue weighted by atomic mass is 10.1. The van der Waals surface area contributed by atoms with Crippen LogP contribution in [-0.2, 0) is 6.42 Å². The number of allylic oxidation sites excluding steroid dienone is 1. The zero-order valence-corrected chi connectivity index (χ0v) is 7.26. The van der Waals surface area contributed by atoms with Crippen molar-refractivity contribution in [3.8, 4) is 0 Å². The monoisotopic (exact) mass is 163 g/mol. The Morgan fingerprint density at radius 1 is 1.67 bits per heavy atom. The summed E-state index contributed by atoms with van der Waals surface area (Å²) in [5, 5.41) is 0. The highest BCUT2D eigenvalue weighted by Gasteiger charge is 1.94. The van der Waals surface area contributed by atoms with Crippen LogP contribution < -0.4 is 5.56 Å². The molecule has 0 unspecified atom stereocenters. The summed E-state index contributed by atoms with van der Waals surface area (Å²) in [6.45, 7) is 5.46. The maximum absolute atomic E-state index is 11.0. The van der Waals surface area contributed by atoms with Gasteiger partial charge in [0.2, 0.25) is 0 Å². The Labute approximate surface area is 71.9 Å². The van der Waals surface area contributed by atoms with E-state index in [1.165, 1.54) is 0 Å². The minimum Gasteiger partial charge on any atom is -0.329 e. The third-order valence-electron chi connectivity index (χ3n) is 1.79. The lowest BCUT2D eigenvalue weighted by Gasteiger charge is -1.98. The third-order valence-corrected chi connectivity index (χ3v) is 1.79. The number of hydrogen-bond donors (Lipinski definition) is 1. The fourth-order valence-electron chi connectivity index (χ4n) is 1.07. The molecule has 0 radical (unpaired) electrons. The summed E-state index contributed by atoms with van der Waals surface area (Å²) in [6.07, 6.45) is 5.53. The number of nitrogens with one attached hydrogen (secondary N) is 1. The van der Waals surface area contributed by atoms with Gasteiger partial charge in [-0.2, -0.15) is 0 Å². The number of aromatic nitrogens is 1. The van der Waals surface area contributed by atoms with Crippen LogP contribution in [0.15, 0.2) is 29.7 Å². The van der Waals surface area contributed by atoms with E-state index >= 15 is 0 Å². The molecule has 0 atom stereocenters. The van der Waals surface area contributed by atoms with Crippen LogP contribution in [-0.4, -0.2) is 4.98 Å². The summed E-state index contributed by atoms with van der Waals surface area (Å²) < 4.78 is 0. The van der Waals surface area contributed by atoms with Crippen LogP contribution in [0, 0.1) is 6.92 Å². The van der Waals surface area contributed by atoms with Gasteiger partial charge in [0.15, 0.2) is 0 Å². The van der Waals surface area contributed by atoms with Crippen LogP contribution in [0.3, 0.4) is 0 Å². The first kappa shape index (κ1) is 8.78. The zero-order valence-electron chi connectivity index (χ0n) is 7.26. The predicted molar refractivity (Wildman–Crippen MR) is 50.3 cm³/mol. The SMILES string of the molecule is C=CCCc1c[nH]c(=O)c(C)c1. The Balaban J connectivity index is 2.82. The van der Waals surface area contributed by atoms with Gasteiger partial charge in [-0.15, -0.1) is 6.58 Å². The van der Waals surface area contributed by atoms with Crippen molar-refractivity contribution in [2.24, 2.45) is 0 Å². The normalized spacial score (nSPS) is 9.75. The van der Waals surface area contributed by atoms with Crippen molar-refractivity contribution in [2.75, 3.05) is 0 Å². The van der Waals surface area contributed by atoms with Gasteiger partial charge in [0.05, 0.1) is 0 Å². The van der Waals surface area contributed by atoms with Gasteiger partial charge in [-0.25, -0.2) is 0 Å². The first-order chi connectivity index (χ1) is 5.74. The fourth-order valence-corrected chi connectivity index (χ4v) is 1.07. The first-order valence-corrected chi connectivity index (χ1v) is 4.03. The summed E-state index contributed by atoms with van der Waals surface area (Å²) in [4.78, 5) is 13.7. The molecule has 64 valence electrons. The van der Waals surface area contributed by atoms with Crippen LogP contribution in [0.4, 0.5) is 0 Å². The lowest BCUT2D eigenvalue weighted by molar-refractivity contribution is 0.976. The summed E-state index contributed by atoms with van der Waals surface area (Å²) in [7, 11) is 0. The van der Waals surface area contributed by atoms with Crippen LogP contribution >= 0.6 is 0 Å². The van der Waals surface area contributed by atoms with Crippen molar-refractivity contribution in [1.82, 2.24) is 4.98 Å². The summed E-state index contributed by atoms with van der Waals surface area (Å²) in [6, 6.07) is 1.92. The molecular formula is C10H13NO. The number of H-pyrrole nitrogens is 1. The molecule has 1 aromatic heterocycles.